The predicted octanol–water partition coefficient (Wildman–Crippen LogP) is 2.64. The maximum atomic E-state index is 9.68. The second kappa shape index (κ2) is 7.24. The Bertz CT molecular complexity index is 287. The fraction of sp³-hybridized carbons (Fsp3) is 1.00. The molecule has 1 aliphatic heterocycles. The Morgan fingerprint density at radius 2 is 1.95 bits per heavy atom. The Labute approximate surface area is 125 Å². The van der Waals surface area contributed by atoms with Crippen molar-refractivity contribution in [1.82, 2.24) is 10.2 Å². The normalized spacial score (nSPS) is 33.8. The number of likely N-dealkylation sites (tertiary alicyclic amines) is 1. The van der Waals surface area contributed by atoms with E-state index < -0.39 is 0 Å². The van der Waals surface area contributed by atoms with Crippen LogP contribution in [0.5, 0.6) is 0 Å². The van der Waals surface area contributed by atoms with Gasteiger partial charge in [-0.25, -0.2) is 0 Å². The number of nitrogens with one attached hydrogen (secondary N) is 1. The monoisotopic (exact) mass is 282 g/mol. The summed E-state index contributed by atoms with van der Waals surface area (Å²) in [5, 5.41) is 13.4. The second-order valence-corrected chi connectivity index (χ2v) is 7.74. The van der Waals surface area contributed by atoms with Crippen molar-refractivity contribution in [3.8, 4) is 0 Å². The Hall–Kier alpha value is -0.120. The van der Waals surface area contributed by atoms with E-state index in [0.717, 1.165) is 38.4 Å². The summed E-state index contributed by atoms with van der Waals surface area (Å²) in [6, 6.07) is 0.576. The zero-order valence-corrected chi connectivity index (χ0v) is 13.7. The Balaban J connectivity index is 1.94. The highest BCUT2D eigenvalue weighted by Gasteiger charge is 2.37. The molecule has 0 aromatic rings. The van der Waals surface area contributed by atoms with Crippen LogP contribution in [0.25, 0.3) is 0 Å². The molecular weight excluding hydrogens is 248 g/mol. The average Bonchev–Trinajstić information content (AvgIpc) is 2.39. The number of hydrogen-bond acceptors (Lipinski definition) is 3. The Morgan fingerprint density at radius 3 is 2.55 bits per heavy atom. The van der Waals surface area contributed by atoms with Crippen molar-refractivity contribution in [2.75, 3.05) is 26.2 Å². The molecule has 1 saturated carbocycles. The molecule has 2 unspecified atom stereocenters. The van der Waals surface area contributed by atoms with Gasteiger partial charge >= 0.3 is 0 Å². The molecule has 2 N–H and O–H groups in total. The maximum absolute atomic E-state index is 9.68. The van der Waals surface area contributed by atoms with Gasteiger partial charge in [0, 0.05) is 32.2 Å². The molecule has 3 heteroatoms. The summed E-state index contributed by atoms with van der Waals surface area (Å²) in [7, 11) is 0. The van der Waals surface area contributed by atoms with Crippen LogP contribution in [0.1, 0.15) is 59.3 Å². The first-order valence-electron chi connectivity index (χ1n) is 8.63. The lowest BCUT2D eigenvalue weighted by Gasteiger charge is -2.45. The number of aliphatic hydroxyl groups is 1. The molecule has 1 heterocycles. The summed E-state index contributed by atoms with van der Waals surface area (Å²) in [6.07, 6.45) is 7.40. The van der Waals surface area contributed by atoms with E-state index in [-0.39, 0.29) is 6.10 Å². The van der Waals surface area contributed by atoms with Crippen LogP contribution in [-0.4, -0.2) is 48.3 Å². The largest absolute Gasteiger partial charge is 0.393 e. The fourth-order valence-electron chi connectivity index (χ4n) is 4.10. The molecule has 2 atom stereocenters. The van der Waals surface area contributed by atoms with E-state index in [4.69, 9.17) is 0 Å². The molecule has 0 amide bonds. The van der Waals surface area contributed by atoms with Crippen molar-refractivity contribution in [2.24, 2.45) is 11.3 Å². The Kier molecular flexibility index (Phi) is 5.88. The molecule has 1 saturated heterocycles. The zero-order chi connectivity index (χ0) is 14.6. The van der Waals surface area contributed by atoms with Crippen molar-refractivity contribution >= 4 is 0 Å². The van der Waals surface area contributed by atoms with E-state index >= 15 is 0 Å². The minimum Gasteiger partial charge on any atom is -0.393 e. The van der Waals surface area contributed by atoms with Crippen LogP contribution >= 0.6 is 0 Å². The lowest BCUT2D eigenvalue weighted by molar-refractivity contribution is 0.0333. The van der Waals surface area contributed by atoms with E-state index in [1.807, 2.05) is 0 Å². The molecule has 3 nitrogen and oxygen atoms in total. The molecule has 1 aliphatic carbocycles. The number of aliphatic hydroxyl groups excluding tert-OH is 1. The molecule has 0 radical (unpaired) electrons. The van der Waals surface area contributed by atoms with Crippen molar-refractivity contribution in [1.29, 1.82) is 0 Å². The standard InChI is InChI=1S/C17H34N2O/c1-14(2)18-12-17(8-4-5-15(3)11-17)13-19-9-6-16(20)7-10-19/h14-16,18,20H,4-13H2,1-3H3. The van der Waals surface area contributed by atoms with E-state index in [1.165, 1.54) is 32.2 Å². The quantitative estimate of drug-likeness (QED) is 0.814. The third-order valence-electron chi connectivity index (χ3n) is 5.19. The van der Waals surface area contributed by atoms with Crippen LogP contribution in [-0.2, 0) is 0 Å². The fourth-order valence-corrected chi connectivity index (χ4v) is 4.10. The summed E-state index contributed by atoms with van der Waals surface area (Å²) < 4.78 is 0. The average molecular weight is 282 g/mol. The number of hydrogen-bond donors (Lipinski definition) is 2. The van der Waals surface area contributed by atoms with E-state index in [2.05, 4.69) is 31.0 Å². The van der Waals surface area contributed by atoms with Gasteiger partial charge in [0.05, 0.1) is 6.10 Å². The summed E-state index contributed by atoms with van der Waals surface area (Å²) in [5.41, 5.74) is 0.463. The van der Waals surface area contributed by atoms with Gasteiger partial charge in [0.15, 0.2) is 0 Å². The van der Waals surface area contributed by atoms with Crippen LogP contribution < -0.4 is 5.32 Å². The van der Waals surface area contributed by atoms with Gasteiger partial charge in [-0.15, -0.1) is 0 Å². The molecule has 0 aromatic heterocycles. The molecule has 20 heavy (non-hydrogen) atoms. The minimum atomic E-state index is -0.0544. The van der Waals surface area contributed by atoms with E-state index in [0.29, 0.717) is 11.5 Å². The lowest BCUT2D eigenvalue weighted by Crippen LogP contribution is -2.50. The Morgan fingerprint density at radius 1 is 1.25 bits per heavy atom. The molecule has 2 rings (SSSR count). The summed E-state index contributed by atoms with van der Waals surface area (Å²) >= 11 is 0. The SMILES string of the molecule is CC1CCCC(CNC(C)C)(CN2CCC(O)CC2)C1. The van der Waals surface area contributed by atoms with Crippen LogP contribution in [0, 0.1) is 11.3 Å². The smallest absolute Gasteiger partial charge is 0.0564 e. The first kappa shape index (κ1) is 16.3. The number of rotatable bonds is 5. The first-order valence-corrected chi connectivity index (χ1v) is 8.63. The molecular formula is C17H34N2O. The second-order valence-electron chi connectivity index (χ2n) is 7.74. The van der Waals surface area contributed by atoms with Crippen LogP contribution in [0.3, 0.4) is 0 Å². The van der Waals surface area contributed by atoms with Crippen LogP contribution in [0.2, 0.25) is 0 Å². The van der Waals surface area contributed by atoms with Gasteiger partial charge in [-0.2, -0.15) is 0 Å². The van der Waals surface area contributed by atoms with Gasteiger partial charge in [-0.1, -0.05) is 33.6 Å². The van der Waals surface area contributed by atoms with Crippen LogP contribution in [0.4, 0.5) is 0 Å². The van der Waals surface area contributed by atoms with Gasteiger partial charge < -0.3 is 15.3 Å². The minimum absolute atomic E-state index is 0.0544. The third kappa shape index (κ3) is 4.71. The van der Waals surface area contributed by atoms with Crippen LogP contribution in [0.15, 0.2) is 0 Å². The number of nitrogens with zero attached hydrogens (tertiary/aromatic N) is 1. The van der Waals surface area contributed by atoms with E-state index in [9.17, 15) is 5.11 Å². The highest BCUT2D eigenvalue weighted by Crippen LogP contribution is 2.40. The lowest BCUT2D eigenvalue weighted by atomic mass is 9.69. The molecule has 2 aliphatic rings. The highest BCUT2D eigenvalue weighted by atomic mass is 16.3. The van der Waals surface area contributed by atoms with Gasteiger partial charge in [-0.3, -0.25) is 0 Å². The van der Waals surface area contributed by atoms with Crippen molar-refractivity contribution in [2.45, 2.75) is 71.4 Å². The molecule has 0 spiro atoms. The maximum Gasteiger partial charge on any atom is 0.0564 e. The van der Waals surface area contributed by atoms with E-state index in [1.54, 1.807) is 0 Å². The highest BCUT2D eigenvalue weighted by molar-refractivity contribution is 4.91. The van der Waals surface area contributed by atoms with Gasteiger partial charge in [0.2, 0.25) is 0 Å². The molecule has 2 fully saturated rings. The van der Waals surface area contributed by atoms with Crippen molar-refractivity contribution in [3.05, 3.63) is 0 Å². The first-order chi connectivity index (χ1) is 9.49. The predicted molar refractivity (Wildman–Crippen MR) is 84.9 cm³/mol. The summed E-state index contributed by atoms with van der Waals surface area (Å²) in [5.74, 6) is 0.869. The third-order valence-corrected chi connectivity index (χ3v) is 5.19. The molecule has 0 bridgehead atoms. The van der Waals surface area contributed by atoms with Crippen molar-refractivity contribution in [3.63, 3.8) is 0 Å². The van der Waals surface area contributed by atoms with Gasteiger partial charge in [-0.05, 0) is 37.0 Å². The number of piperidine rings is 1. The zero-order valence-electron chi connectivity index (χ0n) is 13.7. The molecule has 0 aromatic carbocycles. The van der Waals surface area contributed by atoms with Gasteiger partial charge in [0.25, 0.3) is 0 Å². The van der Waals surface area contributed by atoms with Gasteiger partial charge in [0.1, 0.15) is 0 Å². The summed E-state index contributed by atoms with van der Waals surface area (Å²) in [6.45, 7) is 11.5. The molecule has 118 valence electrons. The summed E-state index contributed by atoms with van der Waals surface area (Å²) in [4.78, 5) is 2.60. The van der Waals surface area contributed by atoms with Crippen molar-refractivity contribution < 1.29 is 5.11 Å². The topological polar surface area (TPSA) is 35.5 Å².